The second kappa shape index (κ2) is 10.00. The molecule has 5 aromatic carbocycles. The summed E-state index contributed by atoms with van der Waals surface area (Å²) in [5.41, 5.74) is 6.82. The third kappa shape index (κ3) is 3.59. The summed E-state index contributed by atoms with van der Waals surface area (Å²) in [6.45, 7) is 0. The average Bonchev–Trinajstić information content (AvgIpc) is 3.41. The maximum Gasteiger partial charge on any atom is 0.181 e. The van der Waals surface area contributed by atoms with Crippen LogP contribution in [0.3, 0.4) is 0 Å². The van der Waals surface area contributed by atoms with Gasteiger partial charge in [-0.05, 0) is 48.5 Å². The number of allylic oxidation sites excluding steroid dienone is 2. The molecule has 1 saturated carbocycles. The number of nitrogens with zero attached hydrogens (tertiary/aromatic N) is 4. The van der Waals surface area contributed by atoms with E-state index in [-0.39, 0.29) is 5.92 Å². The first-order valence-electron chi connectivity index (χ1n) is 17.0. The Morgan fingerprint density at radius 2 is 1.28 bits per heavy atom. The molecule has 6 heteroatoms. The third-order valence-corrected chi connectivity index (χ3v) is 10.7. The van der Waals surface area contributed by atoms with Crippen LogP contribution in [0.4, 0.5) is 0 Å². The monoisotopic (exact) mass is 643 g/mol. The number of para-hydroxylation sites is 2. The molecule has 4 aliphatic rings. The summed E-state index contributed by atoms with van der Waals surface area (Å²) in [5.74, 6) is 3.14. The number of aromatic nitrogens is 2. The van der Waals surface area contributed by atoms with Crippen molar-refractivity contribution in [2.45, 2.75) is 11.1 Å². The predicted molar refractivity (Wildman–Crippen MR) is 199 cm³/mol. The number of nitrogens with one attached hydrogen (secondary N) is 1. The molecule has 2 spiro atoms. The summed E-state index contributed by atoms with van der Waals surface area (Å²) in [7, 11) is 0. The molecule has 2 aliphatic heterocycles. The summed E-state index contributed by atoms with van der Waals surface area (Å²) in [5, 5.41) is 5.96. The Morgan fingerprint density at radius 3 is 2.02 bits per heavy atom. The van der Waals surface area contributed by atoms with Crippen LogP contribution in [0.25, 0.3) is 38.8 Å². The van der Waals surface area contributed by atoms with Crippen molar-refractivity contribution in [3.05, 3.63) is 186 Å². The van der Waals surface area contributed by atoms with Crippen LogP contribution in [0.15, 0.2) is 180 Å². The summed E-state index contributed by atoms with van der Waals surface area (Å²) in [4.78, 5) is 16.4. The van der Waals surface area contributed by atoms with E-state index in [1.165, 1.54) is 16.3 Å². The largest absolute Gasteiger partial charge is 0.459 e. The Labute approximate surface area is 288 Å². The second-order valence-electron chi connectivity index (χ2n) is 13.3. The van der Waals surface area contributed by atoms with Crippen LogP contribution in [-0.4, -0.2) is 26.9 Å². The molecule has 6 nitrogen and oxygen atoms in total. The normalized spacial score (nSPS) is 20.6. The highest BCUT2D eigenvalue weighted by Crippen LogP contribution is 2.75. The van der Waals surface area contributed by atoms with Gasteiger partial charge in [0.15, 0.2) is 5.66 Å². The van der Waals surface area contributed by atoms with Crippen molar-refractivity contribution in [3.8, 4) is 22.7 Å². The fourth-order valence-corrected chi connectivity index (χ4v) is 8.42. The van der Waals surface area contributed by atoms with Gasteiger partial charge >= 0.3 is 0 Å². The fourth-order valence-electron chi connectivity index (χ4n) is 8.42. The van der Waals surface area contributed by atoms with Crippen molar-refractivity contribution >= 4 is 33.5 Å². The predicted octanol–water partition coefficient (Wildman–Crippen LogP) is 8.75. The van der Waals surface area contributed by atoms with Gasteiger partial charge in [-0.2, -0.15) is 0 Å². The van der Waals surface area contributed by atoms with Gasteiger partial charge in [0.1, 0.15) is 34.3 Å². The standard InChI is InChI=1S/C44H29N5O/c1-4-13-28(14-5-1)41-46-42(29-15-6-2-7-16-29)48-44(47-41)38-21-12-22-39-43(38,44)40-37(50-39)26-24-34(45-40)30-23-25-36-33(27-30)32-19-10-11-20-35(32)49(36)31-17-8-3-9-18-31/h1-27,38H,(H,46,47,48). The van der Waals surface area contributed by atoms with Gasteiger partial charge in [0.05, 0.1) is 16.7 Å². The smallest absolute Gasteiger partial charge is 0.181 e. The number of rotatable bonds is 4. The zero-order valence-electron chi connectivity index (χ0n) is 26.9. The highest BCUT2D eigenvalue weighted by molar-refractivity contribution is 6.16. The molecule has 2 aliphatic carbocycles. The zero-order chi connectivity index (χ0) is 32.9. The molecule has 0 amide bonds. The van der Waals surface area contributed by atoms with E-state index in [4.69, 9.17) is 19.7 Å². The molecule has 4 heterocycles. The van der Waals surface area contributed by atoms with Gasteiger partial charge in [-0.3, -0.25) is 0 Å². The molecule has 1 N–H and O–H groups in total. The van der Waals surface area contributed by atoms with Crippen LogP contribution in [0.2, 0.25) is 0 Å². The Hall–Kier alpha value is -6.53. The summed E-state index contributed by atoms with van der Waals surface area (Å²) < 4.78 is 8.96. The van der Waals surface area contributed by atoms with Crippen LogP contribution in [0, 0.1) is 5.92 Å². The number of fused-ring (bicyclic) bond motifs is 5. The minimum absolute atomic E-state index is 0.0511. The lowest BCUT2D eigenvalue weighted by Crippen LogP contribution is -2.40. The first-order valence-corrected chi connectivity index (χ1v) is 17.0. The summed E-state index contributed by atoms with van der Waals surface area (Å²) in [6, 6.07) is 50.5. The minimum atomic E-state index is -0.850. The second-order valence-corrected chi connectivity index (χ2v) is 13.3. The van der Waals surface area contributed by atoms with Gasteiger partial charge in [0.25, 0.3) is 0 Å². The number of ether oxygens (including phenoxy) is 1. The number of benzene rings is 5. The number of aliphatic imine (C=N–C) groups is 2. The minimum Gasteiger partial charge on any atom is -0.459 e. The Kier molecular flexibility index (Phi) is 5.48. The molecule has 0 radical (unpaired) electrons. The van der Waals surface area contributed by atoms with Gasteiger partial charge < -0.3 is 14.6 Å². The van der Waals surface area contributed by atoms with Gasteiger partial charge in [-0.15, -0.1) is 0 Å². The van der Waals surface area contributed by atoms with E-state index >= 15 is 0 Å². The maximum atomic E-state index is 6.62. The van der Waals surface area contributed by atoms with Crippen LogP contribution in [0.1, 0.15) is 16.8 Å². The number of hydrogen-bond acceptors (Lipinski definition) is 5. The quantitative estimate of drug-likeness (QED) is 0.209. The van der Waals surface area contributed by atoms with Gasteiger partial charge in [-0.1, -0.05) is 115 Å². The van der Waals surface area contributed by atoms with Gasteiger partial charge in [0.2, 0.25) is 0 Å². The van der Waals surface area contributed by atoms with E-state index in [9.17, 15) is 0 Å². The van der Waals surface area contributed by atoms with E-state index in [1.54, 1.807) is 0 Å². The Bertz CT molecular complexity index is 2600. The van der Waals surface area contributed by atoms with Crippen LogP contribution < -0.4 is 10.1 Å². The molecule has 1 fully saturated rings. The van der Waals surface area contributed by atoms with E-state index < -0.39 is 11.1 Å². The highest BCUT2D eigenvalue weighted by Gasteiger charge is 2.85. The molecule has 0 bridgehead atoms. The first-order chi connectivity index (χ1) is 24.7. The first kappa shape index (κ1) is 27.4. The number of hydrogen-bond donors (Lipinski definition) is 1. The number of pyridine rings is 1. The van der Waals surface area contributed by atoms with Crippen LogP contribution in [0.5, 0.6) is 5.75 Å². The van der Waals surface area contributed by atoms with E-state index in [2.05, 4.69) is 137 Å². The third-order valence-electron chi connectivity index (χ3n) is 10.7. The molecule has 2 aromatic heterocycles. The molecular weight excluding hydrogens is 615 g/mol. The Morgan fingerprint density at radius 1 is 0.620 bits per heavy atom. The maximum absolute atomic E-state index is 6.62. The molecule has 11 rings (SSSR count). The van der Waals surface area contributed by atoms with E-state index in [0.717, 1.165) is 62.5 Å². The topological polar surface area (TPSA) is 63.8 Å². The molecular formula is C44H29N5O. The average molecular weight is 644 g/mol. The molecule has 2 unspecified atom stereocenters. The van der Waals surface area contributed by atoms with Crippen molar-refractivity contribution < 1.29 is 4.74 Å². The highest BCUT2D eigenvalue weighted by atomic mass is 16.5. The van der Waals surface area contributed by atoms with Crippen molar-refractivity contribution in [1.82, 2.24) is 14.9 Å². The van der Waals surface area contributed by atoms with Gasteiger partial charge in [-0.25, -0.2) is 15.0 Å². The van der Waals surface area contributed by atoms with E-state index in [1.807, 2.05) is 36.4 Å². The van der Waals surface area contributed by atoms with Gasteiger partial charge in [0, 0.05) is 39.1 Å². The fraction of sp³-hybridized carbons (Fsp3) is 0.0682. The summed E-state index contributed by atoms with van der Waals surface area (Å²) >= 11 is 0. The number of amidine groups is 2. The molecule has 0 saturated heterocycles. The van der Waals surface area contributed by atoms with Crippen molar-refractivity contribution in [2.75, 3.05) is 0 Å². The zero-order valence-corrected chi connectivity index (χ0v) is 26.9. The van der Waals surface area contributed by atoms with Crippen molar-refractivity contribution in [2.24, 2.45) is 15.9 Å². The molecule has 7 aromatic rings. The van der Waals surface area contributed by atoms with E-state index in [0.29, 0.717) is 0 Å². The molecule has 236 valence electrons. The van der Waals surface area contributed by atoms with Crippen LogP contribution >= 0.6 is 0 Å². The SMILES string of the molecule is C1=CC2C3(N=C(c4ccccc4)NC(c4ccccc4)=N3)C23C(=C1)Oc1ccc(-c2ccc4c(c2)c2ccccc2n4-c2ccccc2)nc13. The lowest BCUT2D eigenvalue weighted by atomic mass is 9.92. The summed E-state index contributed by atoms with van der Waals surface area (Å²) in [6.07, 6.45) is 6.37. The Balaban J connectivity index is 1.09. The lowest BCUT2D eigenvalue weighted by Gasteiger charge is -2.25. The molecule has 2 atom stereocenters. The van der Waals surface area contributed by atoms with Crippen molar-refractivity contribution in [1.29, 1.82) is 0 Å². The van der Waals surface area contributed by atoms with Crippen LogP contribution in [-0.2, 0) is 5.41 Å². The lowest BCUT2D eigenvalue weighted by molar-refractivity contribution is 0.404. The molecule has 50 heavy (non-hydrogen) atoms. The van der Waals surface area contributed by atoms with Crippen molar-refractivity contribution in [3.63, 3.8) is 0 Å².